The summed E-state index contributed by atoms with van der Waals surface area (Å²) < 4.78 is 69.0. The topological polar surface area (TPSA) is 91.6 Å². The Balaban J connectivity index is 3.55. The van der Waals surface area contributed by atoms with Crippen LogP contribution in [-0.2, 0) is 4.74 Å². The van der Waals surface area contributed by atoms with E-state index >= 15 is 0 Å². The van der Waals surface area contributed by atoms with E-state index in [0.717, 1.165) is 7.11 Å². The minimum absolute atomic E-state index is 0.131. The zero-order valence-corrected chi connectivity index (χ0v) is 9.98. The Kier molecular flexibility index (Phi) is 4.60. The maximum absolute atomic E-state index is 12.6. The number of esters is 1. The van der Waals surface area contributed by atoms with Crippen molar-refractivity contribution in [1.29, 1.82) is 0 Å². The number of aromatic nitrogens is 1. The van der Waals surface area contributed by atoms with E-state index in [4.69, 9.17) is 0 Å². The van der Waals surface area contributed by atoms with E-state index in [9.17, 15) is 36.9 Å². The van der Waals surface area contributed by atoms with Crippen molar-refractivity contribution in [3.63, 3.8) is 0 Å². The number of hydrogen-bond acceptors (Lipinski definition) is 6. The van der Waals surface area contributed by atoms with E-state index in [1.165, 1.54) is 0 Å². The Hall–Kier alpha value is -2.53. The molecule has 1 aromatic heterocycles. The number of nitrogens with zero attached hydrogens (tertiary/aromatic N) is 2. The average molecular weight is 316 g/mol. The molecule has 7 nitrogen and oxygen atoms in total. The number of alkyl halides is 5. The number of rotatable bonds is 4. The fourth-order valence-electron chi connectivity index (χ4n) is 1.26. The summed E-state index contributed by atoms with van der Waals surface area (Å²) in [7, 11) is 0.789. The third-order valence-corrected chi connectivity index (χ3v) is 2.01. The molecule has 12 heteroatoms. The van der Waals surface area contributed by atoms with Gasteiger partial charge in [0.1, 0.15) is 0 Å². The zero-order chi connectivity index (χ0) is 16.4. The van der Waals surface area contributed by atoms with E-state index in [2.05, 4.69) is 14.5 Å². The number of ether oxygens (including phenoxy) is 2. The molecule has 0 saturated heterocycles. The van der Waals surface area contributed by atoms with E-state index in [-0.39, 0.29) is 6.07 Å². The number of hydrogen-bond donors (Lipinski definition) is 0. The van der Waals surface area contributed by atoms with Gasteiger partial charge in [0.2, 0.25) is 0 Å². The van der Waals surface area contributed by atoms with Gasteiger partial charge in [-0.15, -0.1) is 13.2 Å². The molecular weight excluding hydrogens is 311 g/mol. The van der Waals surface area contributed by atoms with Crippen LogP contribution in [0.25, 0.3) is 0 Å². The summed E-state index contributed by atoms with van der Waals surface area (Å²) in [5.41, 5.74) is -2.67. The summed E-state index contributed by atoms with van der Waals surface area (Å²) >= 11 is 0. The molecule has 0 aromatic carbocycles. The molecule has 21 heavy (non-hydrogen) atoms. The monoisotopic (exact) mass is 316 g/mol. The predicted octanol–water partition coefficient (Wildman–Crippen LogP) is 2.61. The minimum Gasteiger partial charge on any atom is -0.465 e. The summed E-state index contributed by atoms with van der Waals surface area (Å²) in [5.74, 6) is -4.32. The maximum Gasteiger partial charge on any atom is 0.573 e. The van der Waals surface area contributed by atoms with Crippen molar-refractivity contribution in [3.8, 4) is 5.75 Å². The fourth-order valence-corrected chi connectivity index (χ4v) is 1.26. The summed E-state index contributed by atoms with van der Waals surface area (Å²) in [4.78, 5) is 23.3. The first-order chi connectivity index (χ1) is 9.56. The fraction of sp³-hybridized carbons (Fsp3) is 0.333. The SMILES string of the molecule is COC(=O)c1cc(OC(F)(F)F)c(C(F)F)nc1[N+](=O)[O-]. The predicted molar refractivity (Wildman–Crippen MR) is 53.9 cm³/mol. The summed E-state index contributed by atoms with van der Waals surface area (Å²) in [5, 5.41) is 10.6. The van der Waals surface area contributed by atoms with Crippen molar-refractivity contribution in [2.45, 2.75) is 12.8 Å². The standard InChI is InChI=1S/C9H5F5N2O5/c1-20-8(17)3-2-4(21-9(12,13)14)5(6(10)11)15-7(3)16(18)19/h2,6H,1H3. The van der Waals surface area contributed by atoms with Crippen LogP contribution in [0.2, 0.25) is 0 Å². The molecule has 0 fully saturated rings. The van der Waals surface area contributed by atoms with Crippen LogP contribution in [-0.4, -0.2) is 29.3 Å². The Morgan fingerprint density at radius 2 is 2.00 bits per heavy atom. The molecule has 0 amide bonds. The molecule has 0 atom stereocenters. The number of pyridine rings is 1. The van der Waals surface area contributed by atoms with Gasteiger partial charge < -0.3 is 19.6 Å². The molecule has 0 saturated carbocycles. The molecule has 0 spiro atoms. The normalized spacial score (nSPS) is 11.4. The van der Waals surface area contributed by atoms with Crippen molar-refractivity contribution in [2.24, 2.45) is 0 Å². The van der Waals surface area contributed by atoms with Crippen LogP contribution < -0.4 is 4.74 Å². The first-order valence-corrected chi connectivity index (χ1v) is 4.88. The van der Waals surface area contributed by atoms with Gasteiger partial charge in [0.05, 0.1) is 7.11 Å². The Labute approximate surface area is 112 Å². The lowest BCUT2D eigenvalue weighted by atomic mass is 10.2. The first-order valence-electron chi connectivity index (χ1n) is 4.88. The molecular formula is C9H5F5N2O5. The van der Waals surface area contributed by atoms with Crippen LogP contribution >= 0.6 is 0 Å². The molecule has 0 radical (unpaired) electrons. The van der Waals surface area contributed by atoms with Crippen LogP contribution in [0.3, 0.4) is 0 Å². The van der Waals surface area contributed by atoms with Crippen LogP contribution in [0, 0.1) is 10.1 Å². The van der Waals surface area contributed by atoms with E-state index < -0.39 is 46.5 Å². The molecule has 0 aliphatic heterocycles. The highest BCUT2D eigenvalue weighted by atomic mass is 19.4. The molecule has 1 heterocycles. The molecule has 0 aliphatic rings. The molecule has 1 rings (SSSR count). The van der Waals surface area contributed by atoms with Gasteiger partial charge in [-0.05, 0) is 9.91 Å². The van der Waals surface area contributed by atoms with Gasteiger partial charge in [-0.2, -0.15) is 0 Å². The maximum atomic E-state index is 12.6. The van der Waals surface area contributed by atoms with Crippen LogP contribution in [0.1, 0.15) is 22.5 Å². The minimum atomic E-state index is -5.35. The van der Waals surface area contributed by atoms with Gasteiger partial charge in [-0.1, -0.05) is 0 Å². The highest BCUT2D eigenvalue weighted by molar-refractivity contribution is 5.93. The quantitative estimate of drug-likeness (QED) is 0.367. The molecule has 0 aliphatic carbocycles. The number of carbonyl (C=O) groups excluding carboxylic acids is 1. The second-order valence-corrected chi connectivity index (χ2v) is 3.34. The van der Waals surface area contributed by atoms with Crippen LogP contribution in [0.5, 0.6) is 5.75 Å². The average Bonchev–Trinajstić information content (AvgIpc) is 2.34. The second kappa shape index (κ2) is 5.85. The number of halogens is 5. The van der Waals surface area contributed by atoms with Gasteiger partial charge >= 0.3 is 24.6 Å². The van der Waals surface area contributed by atoms with Crippen LogP contribution in [0.4, 0.5) is 27.8 Å². The highest BCUT2D eigenvalue weighted by Gasteiger charge is 2.38. The van der Waals surface area contributed by atoms with Gasteiger partial charge in [-0.25, -0.2) is 13.6 Å². The molecule has 116 valence electrons. The summed E-state index contributed by atoms with van der Waals surface area (Å²) in [6.07, 6.45) is -8.94. The lowest BCUT2D eigenvalue weighted by molar-refractivity contribution is -0.390. The lowest BCUT2D eigenvalue weighted by Gasteiger charge is -2.11. The highest BCUT2D eigenvalue weighted by Crippen LogP contribution is 2.35. The number of nitro groups is 1. The van der Waals surface area contributed by atoms with Crippen molar-refractivity contribution in [3.05, 3.63) is 27.4 Å². The Morgan fingerprint density at radius 1 is 1.43 bits per heavy atom. The lowest BCUT2D eigenvalue weighted by Crippen LogP contribution is -2.20. The van der Waals surface area contributed by atoms with Gasteiger partial charge in [0, 0.05) is 6.07 Å². The smallest absolute Gasteiger partial charge is 0.465 e. The zero-order valence-electron chi connectivity index (χ0n) is 9.98. The first kappa shape index (κ1) is 16.5. The third kappa shape index (κ3) is 3.97. The Morgan fingerprint density at radius 3 is 2.38 bits per heavy atom. The molecule has 0 unspecified atom stereocenters. The number of methoxy groups -OCH3 is 1. The molecule has 0 N–H and O–H groups in total. The van der Waals surface area contributed by atoms with E-state index in [0.29, 0.717) is 0 Å². The summed E-state index contributed by atoms with van der Waals surface area (Å²) in [6, 6.07) is 0.131. The number of carbonyl (C=O) groups is 1. The van der Waals surface area contributed by atoms with Gasteiger partial charge in [0.25, 0.3) is 5.69 Å². The summed E-state index contributed by atoms with van der Waals surface area (Å²) in [6.45, 7) is 0. The third-order valence-electron chi connectivity index (χ3n) is 2.01. The largest absolute Gasteiger partial charge is 0.573 e. The molecule has 1 aromatic rings. The van der Waals surface area contributed by atoms with Crippen molar-refractivity contribution >= 4 is 11.8 Å². The van der Waals surface area contributed by atoms with Crippen molar-refractivity contribution in [1.82, 2.24) is 4.98 Å². The van der Waals surface area contributed by atoms with E-state index in [1.807, 2.05) is 0 Å². The van der Waals surface area contributed by atoms with Gasteiger partial charge in [-0.3, -0.25) is 0 Å². The van der Waals surface area contributed by atoms with Crippen molar-refractivity contribution in [2.75, 3.05) is 7.11 Å². The molecule has 0 bridgehead atoms. The van der Waals surface area contributed by atoms with E-state index in [1.54, 1.807) is 0 Å². The van der Waals surface area contributed by atoms with Crippen LogP contribution in [0.15, 0.2) is 6.07 Å². The Bertz CT molecular complexity index is 574. The van der Waals surface area contributed by atoms with Crippen molar-refractivity contribution < 1.29 is 41.1 Å². The second-order valence-electron chi connectivity index (χ2n) is 3.34. The van der Waals surface area contributed by atoms with Gasteiger partial charge in [0.15, 0.2) is 11.3 Å².